The highest BCUT2D eigenvalue weighted by atomic mass is 32.1. The van der Waals surface area contributed by atoms with Gasteiger partial charge in [0, 0.05) is 30.3 Å². The molecular weight excluding hydrogens is 613 g/mol. The van der Waals surface area contributed by atoms with Crippen LogP contribution in [0.2, 0.25) is 0 Å². The van der Waals surface area contributed by atoms with E-state index in [4.69, 9.17) is 17.2 Å². The molecule has 0 aliphatic heterocycles. The van der Waals surface area contributed by atoms with Gasteiger partial charge in [0.05, 0.1) is 0 Å². The number of nitrogens with zero attached hydrogens (tertiary/aromatic N) is 1. The monoisotopic (exact) mass is 660 g/mol. The number of amides is 4. The third kappa shape index (κ3) is 12.4. The highest BCUT2D eigenvalue weighted by molar-refractivity contribution is 7.09. The van der Waals surface area contributed by atoms with Crippen molar-refractivity contribution in [1.82, 2.24) is 15.5 Å². The molecule has 3 rings (SSSR count). The average Bonchev–Trinajstić information content (AvgIpc) is 3.55. The zero-order chi connectivity index (χ0) is 34.4. The number of unbranched alkanes of at least 4 members (excludes halogenated alkanes) is 1. The van der Waals surface area contributed by atoms with E-state index >= 15 is 0 Å². The summed E-state index contributed by atoms with van der Waals surface area (Å²) in [6.07, 6.45) is 5.57. The van der Waals surface area contributed by atoms with E-state index in [2.05, 4.69) is 10.6 Å². The quantitative estimate of drug-likeness (QED) is 0.103. The van der Waals surface area contributed by atoms with Crippen molar-refractivity contribution >= 4 is 35.0 Å². The molecule has 2 aromatic carbocycles. The number of nitrogens with two attached hydrogens (primary N) is 3. The van der Waals surface area contributed by atoms with Gasteiger partial charge in [0.25, 0.3) is 0 Å². The van der Waals surface area contributed by atoms with Gasteiger partial charge in [-0.25, -0.2) is 0 Å². The molecule has 4 amide bonds. The molecule has 0 fully saturated rings. The lowest BCUT2D eigenvalue weighted by Gasteiger charge is -2.31. The maximum atomic E-state index is 14.2. The highest BCUT2D eigenvalue weighted by Crippen LogP contribution is 2.21. The first kappa shape index (κ1) is 37.1. The van der Waals surface area contributed by atoms with Crippen LogP contribution >= 0.6 is 11.3 Å². The molecule has 0 unspecified atom stereocenters. The lowest BCUT2D eigenvalue weighted by molar-refractivity contribution is -0.142. The van der Waals surface area contributed by atoms with E-state index in [1.54, 1.807) is 13.1 Å². The van der Waals surface area contributed by atoms with Crippen molar-refractivity contribution in [3.8, 4) is 11.1 Å². The zero-order valence-electron chi connectivity index (χ0n) is 27.5. The second kappa shape index (κ2) is 18.1. The number of likely N-dealkylation sites (N-methyl/N-ethyl adjacent to an activating group) is 1. The molecule has 1 heterocycles. The molecule has 0 bridgehead atoms. The van der Waals surface area contributed by atoms with Crippen LogP contribution in [-0.4, -0.2) is 65.8 Å². The number of benzene rings is 2. The third-order valence-corrected chi connectivity index (χ3v) is 8.63. The van der Waals surface area contributed by atoms with Gasteiger partial charge in [-0.2, -0.15) is 0 Å². The number of thiophene rings is 1. The van der Waals surface area contributed by atoms with E-state index in [-0.39, 0.29) is 12.8 Å². The molecule has 8 N–H and O–H groups in total. The van der Waals surface area contributed by atoms with Gasteiger partial charge in [0.1, 0.15) is 18.1 Å². The van der Waals surface area contributed by atoms with Crippen molar-refractivity contribution in [3.63, 3.8) is 0 Å². The smallest absolute Gasteiger partial charge is 0.245 e. The first-order chi connectivity index (χ1) is 22.4. The fraction of sp³-hybridized carbons (Fsp3) is 0.389. The summed E-state index contributed by atoms with van der Waals surface area (Å²) >= 11 is 1.46. The van der Waals surface area contributed by atoms with Gasteiger partial charge in [0.15, 0.2) is 0 Å². The van der Waals surface area contributed by atoms with Gasteiger partial charge in [-0.05, 0) is 80.3 Å². The summed E-state index contributed by atoms with van der Waals surface area (Å²) in [7, 11) is 1.54. The predicted molar refractivity (Wildman–Crippen MR) is 188 cm³/mol. The van der Waals surface area contributed by atoms with Crippen molar-refractivity contribution in [2.24, 2.45) is 17.2 Å². The van der Waals surface area contributed by atoms with E-state index < -0.39 is 47.3 Å². The van der Waals surface area contributed by atoms with Crippen molar-refractivity contribution < 1.29 is 19.2 Å². The minimum Gasteiger partial charge on any atom is -0.368 e. The van der Waals surface area contributed by atoms with Crippen molar-refractivity contribution in [3.05, 3.63) is 94.7 Å². The lowest BCUT2D eigenvalue weighted by atomic mass is 9.99. The minimum atomic E-state index is -0.985. The minimum absolute atomic E-state index is 0.191. The molecule has 11 heteroatoms. The van der Waals surface area contributed by atoms with Crippen molar-refractivity contribution in [2.75, 3.05) is 13.6 Å². The maximum absolute atomic E-state index is 14.2. The van der Waals surface area contributed by atoms with Crippen LogP contribution in [0.1, 0.15) is 50.0 Å². The Morgan fingerprint density at radius 2 is 1.57 bits per heavy atom. The third-order valence-electron chi connectivity index (χ3n) is 7.73. The number of primary amides is 1. The summed E-state index contributed by atoms with van der Waals surface area (Å²) < 4.78 is 0. The van der Waals surface area contributed by atoms with Crippen molar-refractivity contribution in [1.29, 1.82) is 0 Å². The summed E-state index contributed by atoms with van der Waals surface area (Å²) in [6, 6.07) is 18.6. The second-order valence-corrected chi connectivity index (χ2v) is 13.5. The lowest BCUT2D eigenvalue weighted by Crippen LogP contribution is -2.57. The summed E-state index contributed by atoms with van der Waals surface area (Å²) in [5.41, 5.74) is 19.7. The van der Waals surface area contributed by atoms with Crippen LogP contribution in [0.15, 0.2) is 84.3 Å². The molecule has 3 aromatic rings. The van der Waals surface area contributed by atoms with Gasteiger partial charge in [-0.1, -0.05) is 66.7 Å². The first-order valence-electron chi connectivity index (χ1n) is 15.9. The average molecular weight is 661 g/mol. The Labute approximate surface area is 281 Å². The summed E-state index contributed by atoms with van der Waals surface area (Å²) in [5.74, 6) is -2.06. The molecule has 0 aliphatic carbocycles. The van der Waals surface area contributed by atoms with Gasteiger partial charge in [-0.3, -0.25) is 19.2 Å². The number of carbonyl (C=O) groups is 4. The van der Waals surface area contributed by atoms with E-state index in [0.717, 1.165) is 21.6 Å². The molecule has 0 saturated carbocycles. The Morgan fingerprint density at radius 1 is 0.894 bits per heavy atom. The maximum Gasteiger partial charge on any atom is 0.245 e. The zero-order valence-corrected chi connectivity index (χ0v) is 28.3. The van der Waals surface area contributed by atoms with E-state index in [9.17, 15) is 19.2 Å². The second-order valence-electron chi connectivity index (χ2n) is 12.4. The van der Waals surface area contributed by atoms with Crippen LogP contribution in [0.4, 0.5) is 0 Å². The van der Waals surface area contributed by atoms with Crippen LogP contribution in [0.3, 0.4) is 0 Å². The standard InChI is InChI=1S/C36H48N6O4S/c1-36(2,39)20-9-15-32(43)40-30(23-25-16-18-27(19-17-25)26-11-5-4-6-12-26)35(46)42(3)31(24-28-13-10-22-47-28)34(45)41-29(33(38)44)14-7-8-21-37/h4-6,9-13,15-19,22,29-31H,7-8,14,20-21,23-24,37,39H2,1-3H3,(H2,38,44)(H,40,43)(H,41,45)/b15-9+/t29-,30+,31+/m0/s1. The molecule has 0 radical (unpaired) electrons. The van der Waals surface area contributed by atoms with Crippen LogP contribution in [0, 0.1) is 0 Å². The molecule has 0 aliphatic rings. The molecule has 0 saturated heterocycles. The van der Waals surface area contributed by atoms with E-state index in [0.29, 0.717) is 32.2 Å². The Kier molecular flexibility index (Phi) is 14.3. The van der Waals surface area contributed by atoms with Gasteiger partial charge in [-0.15, -0.1) is 11.3 Å². The number of hydrogen-bond donors (Lipinski definition) is 5. The molecule has 47 heavy (non-hydrogen) atoms. The van der Waals surface area contributed by atoms with Crippen LogP contribution in [0.25, 0.3) is 11.1 Å². The molecule has 3 atom stereocenters. The number of carbonyl (C=O) groups excluding carboxylic acids is 4. The van der Waals surface area contributed by atoms with E-state index in [1.807, 2.05) is 86.0 Å². The number of rotatable bonds is 18. The SMILES string of the molecule is CN(C(=O)[C@@H](Cc1ccc(-c2ccccc2)cc1)NC(=O)/C=C/CC(C)(C)N)[C@H](Cc1cccs1)C(=O)N[C@@H](CCCCN)C(N)=O. The number of hydrogen-bond acceptors (Lipinski definition) is 7. The Morgan fingerprint density at radius 3 is 2.17 bits per heavy atom. The summed E-state index contributed by atoms with van der Waals surface area (Å²) in [5, 5.41) is 7.51. The molecule has 0 spiro atoms. The summed E-state index contributed by atoms with van der Waals surface area (Å²) in [6.45, 7) is 4.17. The first-order valence-corrected chi connectivity index (χ1v) is 16.7. The largest absolute Gasteiger partial charge is 0.368 e. The van der Waals surface area contributed by atoms with Gasteiger partial charge >= 0.3 is 0 Å². The predicted octanol–water partition coefficient (Wildman–Crippen LogP) is 3.29. The van der Waals surface area contributed by atoms with Crippen LogP contribution in [0.5, 0.6) is 0 Å². The number of nitrogens with one attached hydrogen (secondary N) is 2. The highest BCUT2D eigenvalue weighted by Gasteiger charge is 2.34. The Hall–Kier alpha value is -4.32. The van der Waals surface area contributed by atoms with Gasteiger partial charge < -0.3 is 32.7 Å². The Bertz CT molecular complexity index is 1470. The normalized spacial score (nSPS) is 13.5. The molecule has 1 aromatic heterocycles. The molecular formula is C36H48N6O4S. The fourth-order valence-corrected chi connectivity index (χ4v) is 5.80. The summed E-state index contributed by atoms with van der Waals surface area (Å²) in [4.78, 5) is 55.4. The van der Waals surface area contributed by atoms with Gasteiger partial charge in [0.2, 0.25) is 23.6 Å². The van der Waals surface area contributed by atoms with Crippen LogP contribution < -0.4 is 27.8 Å². The molecule has 10 nitrogen and oxygen atoms in total. The Balaban J connectivity index is 1.88. The van der Waals surface area contributed by atoms with Crippen LogP contribution in [-0.2, 0) is 32.0 Å². The topological polar surface area (TPSA) is 174 Å². The fourth-order valence-electron chi connectivity index (χ4n) is 5.06. The van der Waals surface area contributed by atoms with E-state index in [1.165, 1.54) is 22.3 Å². The van der Waals surface area contributed by atoms with Crippen molar-refractivity contribution in [2.45, 2.75) is 76.0 Å². The molecule has 252 valence electrons.